The zero-order chi connectivity index (χ0) is 7.82. The molecule has 0 aliphatic rings. The van der Waals surface area contributed by atoms with Gasteiger partial charge in [0.15, 0.2) is 0 Å². The van der Waals surface area contributed by atoms with Crippen molar-refractivity contribution >= 4 is 18.8 Å². The zero-order valence-electron chi connectivity index (χ0n) is 5.91. The summed E-state index contributed by atoms with van der Waals surface area (Å²) in [7, 11) is 9.75. The van der Waals surface area contributed by atoms with Gasteiger partial charge in [-0.25, -0.2) is 0 Å². The van der Waals surface area contributed by atoms with Crippen molar-refractivity contribution in [1.82, 2.24) is 4.98 Å². The van der Waals surface area contributed by atoms with Crippen molar-refractivity contribution < 1.29 is 16.5 Å². The van der Waals surface area contributed by atoms with Gasteiger partial charge in [0.05, 0.1) is 0 Å². The third-order valence-electron chi connectivity index (χ3n) is 0.813. The van der Waals surface area contributed by atoms with Crippen LogP contribution in [0.4, 0.5) is 0 Å². The molecule has 2 N–H and O–H groups in total. The van der Waals surface area contributed by atoms with E-state index in [1.807, 2.05) is 25.1 Å². The van der Waals surface area contributed by atoms with E-state index in [2.05, 4.69) is 4.98 Å². The Hall–Kier alpha value is 0.378. The molecule has 0 aliphatic carbocycles. The molecule has 0 saturated carbocycles. The molecule has 5 heteroatoms. The Labute approximate surface area is 83.3 Å². The molecular formula is C6H9Cl2N2Pt-. The fourth-order valence-corrected chi connectivity index (χ4v) is 0.448. The summed E-state index contributed by atoms with van der Waals surface area (Å²) in [6, 6.07) is 5.86. The van der Waals surface area contributed by atoms with E-state index < -0.39 is 16.5 Å². The van der Waals surface area contributed by atoms with Gasteiger partial charge in [-0.1, -0.05) is 6.07 Å². The third kappa shape index (κ3) is 10.4. The van der Waals surface area contributed by atoms with Crippen molar-refractivity contribution in [2.24, 2.45) is 0 Å². The number of hydrogen-bond acceptors (Lipinski definition) is 1. The van der Waals surface area contributed by atoms with Gasteiger partial charge in [0.2, 0.25) is 0 Å². The normalized spacial score (nSPS) is 7.55. The molecule has 0 aromatic carbocycles. The molecular weight excluding hydrogens is 366 g/mol. The van der Waals surface area contributed by atoms with Crippen molar-refractivity contribution in [1.29, 1.82) is 0 Å². The van der Waals surface area contributed by atoms with E-state index in [-0.39, 0.29) is 6.15 Å². The van der Waals surface area contributed by atoms with Crippen molar-refractivity contribution in [3.05, 3.63) is 36.2 Å². The Balaban J connectivity index is 0. The Morgan fingerprint density at radius 1 is 1.36 bits per heavy atom. The number of rotatable bonds is 0. The molecule has 0 saturated heterocycles. The average molecular weight is 375 g/mol. The van der Waals surface area contributed by atoms with Crippen LogP contribution < -0.4 is 0 Å². The summed E-state index contributed by atoms with van der Waals surface area (Å²) in [5.74, 6) is 0. The number of halogens is 2. The van der Waals surface area contributed by atoms with E-state index >= 15 is 0 Å². The van der Waals surface area contributed by atoms with Crippen LogP contribution >= 0.6 is 18.8 Å². The fraction of sp³-hybridized carbons (Fsp3) is 0.167. The number of nitrogens with zero attached hydrogens (tertiary/aromatic N) is 1. The standard InChI is InChI=1S/C6H7N.2ClH.H2N.Pt/c1-6-4-2-3-5-7-6;;;;/h2-5H,1H3;2*1H;1H2;/q;;;-1;+2/p-2. The van der Waals surface area contributed by atoms with Gasteiger partial charge in [-0.2, -0.15) is 0 Å². The summed E-state index contributed by atoms with van der Waals surface area (Å²) in [5.41, 5.74) is 1.07. The van der Waals surface area contributed by atoms with Crippen LogP contribution in [0.5, 0.6) is 0 Å². The van der Waals surface area contributed by atoms with Crippen molar-refractivity contribution in [3.63, 3.8) is 0 Å². The van der Waals surface area contributed by atoms with Gasteiger partial charge in [0.25, 0.3) is 0 Å². The molecule has 0 unspecified atom stereocenters. The maximum Gasteiger partial charge on any atom is -0.693 e. The van der Waals surface area contributed by atoms with Gasteiger partial charge < -0.3 is 6.15 Å². The first-order chi connectivity index (χ1) is 4.81. The maximum absolute atomic E-state index is 4.88. The Morgan fingerprint density at radius 3 is 2.09 bits per heavy atom. The molecule has 0 spiro atoms. The van der Waals surface area contributed by atoms with Gasteiger partial charge in [0.1, 0.15) is 0 Å². The SMILES string of the molecule is Cc1ccccn1.[Cl][Pt][Cl].[NH2-]. The van der Waals surface area contributed by atoms with Gasteiger partial charge >= 0.3 is 35.3 Å². The largest absolute Gasteiger partial charge is 0.693 e. The van der Waals surface area contributed by atoms with Crippen LogP contribution in [-0.4, -0.2) is 4.98 Å². The molecule has 1 aromatic rings. The molecule has 1 heterocycles. The molecule has 0 atom stereocenters. The molecule has 1 rings (SSSR count). The Kier molecular flexibility index (Phi) is 13.1. The second-order valence-electron chi connectivity index (χ2n) is 1.52. The second-order valence-corrected chi connectivity index (χ2v) is 4.80. The predicted octanol–water partition coefficient (Wildman–Crippen LogP) is 3.48. The molecule has 0 radical (unpaired) electrons. The van der Waals surface area contributed by atoms with Crippen LogP contribution in [-0.2, 0) is 16.5 Å². The topological polar surface area (TPSA) is 46.4 Å². The van der Waals surface area contributed by atoms with Crippen molar-refractivity contribution in [2.45, 2.75) is 6.92 Å². The minimum atomic E-state index is -0.472. The molecule has 0 bridgehead atoms. The first kappa shape index (κ1) is 13.9. The third-order valence-corrected chi connectivity index (χ3v) is 0.813. The molecule has 0 amide bonds. The smallest absolute Gasteiger partial charge is 0.693 e. The van der Waals surface area contributed by atoms with E-state index in [9.17, 15) is 0 Å². The predicted molar refractivity (Wildman–Crippen MR) is 46.0 cm³/mol. The van der Waals surface area contributed by atoms with Crippen LogP contribution in [0.1, 0.15) is 5.69 Å². The summed E-state index contributed by atoms with van der Waals surface area (Å²) in [5, 5.41) is 0. The van der Waals surface area contributed by atoms with Gasteiger partial charge in [-0.05, 0) is 19.1 Å². The van der Waals surface area contributed by atoms with E-state index in [1.165, 1.54) is 0 Å². The number of nitrogens with two attached hydrogens (primary N) is 1. The van der Waals surface area contributed by atoms with Crippen molar-refractivity contribution in [2.75, 3.05) is 0 Å². The molecule has 0 fully saturated rings. The summed E-state index contributed by atoms with van der Waals surface area (Å²) < 4.78 is 0. The molecule has 0 aliphatic heterocycles. The van der Waals surface area contributed by atoms with E-state index in [4.69, 9.17) is 18.8 Å². The molecule has 68 valence electrons. The minimum Gasteiger partial charge on any atom is -0.693 e. The van der Waals surface area contributed by atoms with Crippen LogP contribution in [0.15, 0.2) is 24.4 Å². The van der Waals surface area contributed by atoms with Crippen LogP contribution in [0, 0.1) is 6.92 Å². The summed E-state index contributed by atoms with van der Waals surface area (Å²) >= 11 is -0.472. The first-order valence-corrected chi connectivity index (χ1v) is 8.14. The molecule has 2 nitrogen and oxygen atoms in total. The van der Waals surface area contributed by atoms with E-state index in [1.54, 1.807) is 6.20 Å². The van der Waals surface area contributed by atoms with Gasteiger partial charge in [-0.3, -0.25) is 4.98 Å². The molecule has 1 aromatic heterocycles. The zero-order valence-corrected chi connectivity index (χ0v) is 9.69. The summed E-state index contributed by atoms with van der Waals surface area (Å²) in [6.45, 7) is 1.97. The maximum atomic E-state index is 4.88. The van der Waals surface area contributed by atoms with Crippen LogP contribution in [0.2, 0.25) is 0 Å². The number of pyridine rings is 1. The average Bonchev–Trinajstić information content (AvgIpc) is 1.91. The van der Waals surface area contributed by atoms with Crippen molar-refractivity contribution in [3.8, 4) is 0 Å². The Morgan fingerprint density at radius 2 is 1.91 bits per heavy atom. The first-order valence-electron chi connectivity index (χ1n) is 2.51. The quantitative estimate of drug-likeness (QED) is 0.685. The summed E-state index contributed by atoms with van der Waals surface area (Å²) in [4.78, 5) is 3.98. The van der Waals surface area contributed by atoms with Gasteiger partial charge in [0, 0.05) is 11.9 Å². The Bertz CT molecular complexity index is 160. The van der Waals surface area contributed by atoms with Crippen LogP contribution in [0.3, 0.4) is 0 Å². The number of hydrogen-bond donors (Lipinski definition) is 0. The summed E-state index contributed by atoms with van der Waals surface area (Å²) in [6.07, 6.45) is 1.79. The second kappa shape index (κ2) is 10.4. The van der Waals surface area contributed by atoms with E-state index in [0.29, 0.717) is 0 Å². The number of aryl methyl sites for hydroxylation is 1. The minimum absolute atomic E-state index is 0. The van der Waals surface area contributed by atoms with Gasteiger partial charge in [-0.15, -0.1) is 0 Å². The fourth-order valence-electron chi connectivity index (χ4n) is 0.448. The number of aromatic nitrogens is 1. The van der Waals surface area contributed by atoms with Crippen LogP contribution in [0.25, 0.3) is 6.15 Å². The molecule has 11 heavy (non-hydrogen) atoms. The van der Waals surface area contributed by atoms with E-state index in [0.717, 1.165) is 5.69 Å². The monoisotopic (exact) mass is 374 g/mol.